The van der Waals surface area contributed by atoms with Gasteiger partial charge in [-0.2, -0.15) is 0 Å². The van der Waals surface area contributed by atoms with Gasteiger partial charge in [0.15, 0.2) is 0 Å². The van der Waals surface area contributed by atoms with Crippen LogP contribution in [0.15, 0.2) is 77.7 Å². The van der Waals surface area contributed by atoms with Crippen molar-refractivity contribution in [2.24, 2.45) is 5.92 Å². The van der Waals surface area contributed by atoms with E-state index in [1.165, 1.54) is 30.3 Å². The Balaban J connectivity index is 1.44. The van der Waals surface area contributed by atoms with Crippen LogP contribution in [0.4, 0.5) is 11.4 Å². The second-order valence-corrected chi connectivity index (χ2v) is 9.87. The number of hydrogen-bond donors (Lipinski definition) is 3. The van der Waals surface area contributed by atoms with Crippen LogP contribution in [0.1, 0.15) is 28.8 Å². The van der Waals surface area contributed by atoms with Gasteiger partial charge in [-0.3, -0.25) is 14.3 Å². The van der Waals surface area contributed by atoms with Gasteiger partial charge in [-0.15, -0.1) is 0 Å². The molecule has 1 aliphatic carbocycles. The number of sulfonamides is 1. The number of amides is 2. The number of benzene rings is 3. The summed E-state index contributed by atoms with van der Waals surface area (Å²) in [5.74, 6) is -0.323. The summed E-state index contributed by atoms with van der Waals surface area (Å²) in [5, 5.41) is 6.10. The Bertz CT molecular complexity index is 1290. The second-order valence-electron chi connectivity index (χ2n) is 7.75. The van der Waals surface area contributed by atoms with Crippen molar-refractivity contribution in [3.8, 4) is 0 Å². The van der Waals surface area contributed by atoms with E-state index in [2.05, 4.69) is 15.4 Å². The van der Waals surface area contributed by atoms with Gasteiger partial charge in [0, 0.05) is 23.2 Å². The summed E-state index contributed by atoms with van der Waals surface area (Å²) in [4.78, 5) is 24.8. The molecule has 33 heavy (non-hydrogen) atoms. The van der Waals surface area contributed by atoms with Crippen molar-refractivity contribution in [2.75, 3.05) is 10.0 Å². The van der Waals surface area contributed by atoms with Gasteiger partial charge in [0.2, 0.25) is 5.91 Å². The van der Waals surface area contributed by atoms with Crippen LogP contribution in [0.2, 0.25) is 5.02 Å². The Labute approximate surface area is 197 Å². The lowest BCUT2D eigenvalue weighted by Gasteiger charge is -2.13. The molecule has 0 radical (unpaired) electrons. The number of halogens is 1. The molecule has 4 rings (SSSR count). The van der Waals surface area contributed by atoms with Crippen molar-refractivity contribution in [2.45, 2.75) is 24.3 Å². The minimum absolute atomic E-state index is 0.0121. The predicted molar refractivity (Wildman–Crippen MR) is 128 cm³/mol. The quantitative estimate of drug-likeness (QED) is 0.441. The minimum atomic E-state index is -3.90. The van der Waals surface area contributed by atoms with Crippen molar-refractivity contribution in [3.05, 3.63) is 88.9 Å². The zero-order valence-electron chi connectivity index (χ0n) is 17.5. The minimum Gasteiger partial charge on any atom is -0.348 e. The van der Waals surface area contributed by atoms with Gasteiger partial charge >= 0.3 is 0 Å². The molecule has 0 spiro atoms. The van der Waals surface area contributed by atoms with Crippen LogP contribution >= 0.6 is 11.6 Å². The van der Waals surface area contributed by atoms with Gasteiger partial charge in [-0.1, -0.05) is 35.9 Å². The number of carbonyl (C=O) groups excluding carboxylic acids is 2. The first kappa shape index (κ1) is 22.8. The van der Waals surface area contributed by atoms with Crippen LogP contribution in [0, 0.1) is 5.92 Å². The van der Waals surface area contributed by atoms with E-state index in [-0.39, 0.29) is 34.5 Å². The maximum absolute atomic E-state index is 12.8. The number of carbonyl (C=O) groups is 2. The zero-order valence-corrected chi connectivity index (χ0v) is 19.1. The van der Waals surface area contributed by atoms with E-state index in [9.17, 15) is 18.0 Å². The highest BCUT2D eigenvalue weighted by atomic mass is 35.5. The number of rotatable bonds is 8. The molecular weight excluding hydrogens is 462 g/mol. The average molecular weight is 484 g/mol. The van der Waals surface area contributed by atoms with Crippen LogP contribution < -0.4 is 15.4 Å². The summed E-state index contributed by atoms with van der Waals surface area (Å²) in [5.41, 5.74) is 1.83. The third kappa shape index (κ3) is 5.91. The molecule has 9 heteroatoms. The van der Waals surface area contributed by atoms with Gasteiger partial charge < -0.3 is 10.6 Å². The lowest BCUT2D eigenvalue weighted by molar-refractivity contribution is -0.117. The highest BCUT2D eigenvalue weighted by Crippen LogP contribution is 2.30. The van der Waals surface area contributed by atoms with E-state index in [0.717, 1.165) is 18.4 Å². The molecule has 0 aromatic heterocycles. The summed E-state index contributed by atoms with van der Waals surface area (Å²) >= 11 is 5.84. The van der Waals surface area contributed by atoms with Gasteiger partial charge in [-0.25, -0.2) is 8.42 Å². The molecule has 3 aromatic carbocycles. The highest BCUT2D eigenvalue weighted by Gasteiger charge is 2.29. The summed E-state index contributed by atoms with van der Waals surface area (Å²) < 4.78 is 27.9. The molecule has 3 N–H and O–H groups in total. The Kier molecular flexibility index (Phi) is 6.67. The molecule has 0 heterocycles. The topological polar surface area (TPSA) is 104 Å². The molecule has 0 saturated heterocycles. The average Bonchev–Trinajstić information content (AvgIpc) is 3.64. The highest BCUT2D eigenvalue weighted by molar-refractivity contribution is 7.92. The number of para-hydroxylation sites is 1. The fraction of sp³-hybridized carbons (Fsp3) is 0.167. The first-order chi connectivity index (χ1) is 15.8. The van der Waals surface area contributed by atoms with Crippen LogP contribution in [-0.4, -0.2) is 20.2 Å². The van der Waals surface area contributed by atoms with Crippen molar-refractivity contribution < 1.29 is 18.0 Å². The summed E-state index contributed by atoms with van der Waals surface area (Å²) in [6.45, 7) is 0.213. The second kappa shape index (κ2) is 9.64. The summed E-state index contributed by atoms with van der Waals surface area (Å²) in [6.07, 6.45) is 1.84. The Morgan fingerprint density at radius 3 is 2.39 bits per heavy atom. The molecule has 0 atom stereocenters. The molecule has 7 nitrogen and oxygen atoms in total. The van der Waals surface area contributed by atoms with Crippen LogP contribution in [-0.2, 0) is 21.4 Å². The third-order valence-corrected chi connectivity index (χ3v) is 6.77. The standard InChI is InChI=1S/C24H22ClN3O4S/c25-18-10-12-20(13-11-18)33(31,32)28-22-7-2-1-6-21(22)24(30)26-15-16-4-3-5-19(14-16)27-23(29)17-8-9-17/h1-7,10-14,17,28H,8-9,15H2,(H,26,30)(H,27,29). The van der Waals surface area contributed by atoms with Gasteiger partial charge in [0.25, 0.3) is 15.9 Å². The lowest BCUT2D eigenvalue weighted by Crippen LogP contribution is -2.25. The van der Waals surface area contributed by atoms with E-state index in [1.807, 2.05) is 6.07 Å². The largest absolute Gasteiger partial charge is 0.348 e. The fourth-order valence-electron chi connectivity index (χ4n) is 3.21. The SMILES string of the molecule is O=C(NCc1cccc(NC(=O)C2CC2)c1)c1ccccc1NS(=O)(=O)c1ccc(Cl)cc1. The monoisotopic (exact) mass is 483 g/mol. The van der Waals surface area contributed by atoms with E-state index in [0.29, 0.717) is 10.7 Å². The molecule has 2 amide bonds. The van der Waals surface area contributed by atoms with Crippen LogP contribution in [0.25, 0.3) is 0 Å². The first-order valence-electron chi connectivity index (χ1n) is 10.4. The van der Waals surface area contributed by atoms with Crippen molar-refractivity contribution in [3.63, 3.8) is 0 Å². The molecule has 0 bridgehead atoms. The van der Waals surface area contributed by atoms with Crippen molar-refractivity contribution >= 4 is 44.8 Å². The normalized spacial score (nSPS) is 13.2. The molecule has 170 valence electrons. The van der Waals surface area contributed by atoms with E-state index in [1.54, 1.807) is 36.4 Å². The lowest BCUT2D eigenvalue weighted by atomic mass is 10.1. The fourth-order valence-corrected chi connectivity index (χ4v) is 4.42. The number of nitrogens with one attached hydrogen (secondary N) is 3. The Morgan fingerprint density at radius 2 is 1.67 bits per heavy atom. The van der Waals surface area contributed by atoms with Crippen molar-refractivity contribution in [1.82, 2.24) is 5.32 Å². The van der Waals surface area contributed by atoms with E-state index >= 15 is 0 Å². The van der Waals surface area contributed by atoms with Crippen molar-refractivity contribution in [1.29, 1.82) is 0 Å². The molecule has 0 aliphatic heterocycles. The summed E-state index contributed by atoms with van der Waals surface area (Å²) in [6, 6.07) is 19.3. The molecule has 0 unspecified atom stereocenters. The smallest absolute Gasteiger partial charge is 0.261 e. The predicted octanol–water partition coefficient (Wildman–Crippen LogP) is 4.42. The van der Waals surface area contributed by atoms with Gasteiger partial charge in [0.1, 0.15) is 0 Å². The number of hydrogen-bond acceptors (Lipinski definition) is 4. The number of anilines is 2. The maximum atomic E-state index is 12.8. The third-order valence-electron chi connectivity index (χ3n) is 5.14. The molecule has 1 saturated carbocycles. The molecular formula is C24H22ClN3O4S. The van der Waals surface area contributed by atoms with Crippen LogP contribution in [0.3, 0.4) is 0 Å². The van der Waals surface area contributed by atoms with E-state index < -0.39 is 15.9 Å². The molecule has 1 aliphatic rings. The molecule has 1 fully saturated rings. The van der Waals surface area contributed by atoms with Gasteiger partial charge in [-0.05, 0) is 66.9 Å². The Hall–Kier alpha value is -3.36. The Morgan fingerprint density at radius 1 is 0.939 bits per heavy atom. The zero-order chi connectivity index (χ0) is 23.4. The molecule has 3 aromatic rings. The summed E-state index contributed by atoms with van der Waals surface area (Å²) in [7, 11) is -3.90. The van der Waals surface area contributed by atoms with E-state index in [4.69, 9.17) is 11.6 Å². The van der Waals surface area contributed by atoms with Gasteiger partial charge in [0.05, 0.1) is 16.1 Å². The maximum Gasteiger partial charge on any atom is 0.261 e. The first-order valence-corrected chi connectivity index (χ1v) is 12.2. The van der Waals surface area contributed by atoms with Crippen LogP contribution in [0.5, 0.6) is 0 Å².